The molecule has 0 radical (unpaired) electrons. The van der Waals surface area contributed by atoms with Gasteiger partial charge in [0.1, 0.15) is 5.60 Å². The standard InChI is InChI=1S/C25H34O6/c1-16(7-6-8-24(4,5)31-28)9-20-10-17(2)13-25(29-20)14-19(15-26)21-12-22(27)18(3)11-23(21)30-25/h6,8-9,11,13-14,20-21,23,26,28H,7,10,12,15H2,1-5H3/b8-6+,16-9+/t20-,21-,23-,25+/m1/s1. The van der Waals surface area contributed by atoms with Crippen molar-refractivity contribution < 1.29 is 29.5 Å². The zero-order chi connectivity index (χ0) is 22.8. The lowest BCUT2D eigenvalue weighted by atomic mass is 9.79. The van der Waals surface area contributed by atoms with Gasteiger partial charge in [-0.1, -0.05) is 29.4 Å². The minimum Gasteiger partial charge on any atom is -0.392 e. The van der Waals surface area contributed by atoms with Gasteiger partial charge < -0.3 is 14.6 Å². The van der Waals surface area contributed by atoms with Crippen molar-refractivity contribution in [2.45, 2.75) is 77.5 Å². The summed E-state index contributed by atoms with van der Waals surface area (Å²) < 4.78 is 12.8. The monoisotopic (exact) mass is 430 g/mol. The second-order valence-corrected chi connectivity index (χ2v) is 9.43. The van der Waals surface area contributed by atoms with Crippen molar-refractivity contribution in [2.24, 2.45) is 5.92 Å². The number of hydrogen-bond acceptors (Lipinski definition) is 6. The van der Waals surface area contributed by atoms with E-state index in [0.29, 0.717) is 18.4 Å². The number of allylic oxidation sites excluding steroid dienone is 3. The third-order valence-electron chi connectivity index (χ3n) is 5.99. The summed E-state index contributed by atoms with van der Waals surface area (Å²) in [5.41, 5.74) is 3.02. The SMILES string of the molecule is CC1=C[C@]2(C=C(CO)[C@H]3CC(=O)C(C)=C[C@H]3O2)O[C@H](/C=C(\C)C/C=C/C(C)(C)OO)C1. The topological polar surface area (TPSA) is 85.2 Å². The molecule has 0 saturated heterocycles. The number of aliphatic hydroxyl groups is 1. The van der Waals surface area contributed by atoms with Crippen LogP contribution in [0.15, 0.2) is 58.7 Å². The molecule has 1 spiro atoms. The number of hydrogen-bond donors (Lipinski definition) is 2. The molecule has 6 heteroatoms. The first-order chi connectivity index (χ1) is 14.6. The molecule has 6 nitrogen and oxygen atoms in total. The van der Waals surface area contributed by atoms with Gasteiger partial charge >= 0.3 is 0 Å². The van der Waals surface area contributed by atoms with Crippen LogP contribution in [0.25, 0.3) is 0 Å². The number of fused-ring (bicyclic) bond motifs is 1. The predicted octanol–water partition coefficient (Wildman–Crippen LogP) is 4.43. The van der Waals surface area contributed by atoms with Gasteiger partial charge in [-0.3, -0.25) is 10.1 Å². The lowest BCUT2D eigenvalue weighted by Crippen LogP contribution is -2.49. The number of ether oxygens (including phenoxy) is 2. The van der Waals surface area contributed by atoms with Gasteiger partial charge in [-0.2, -0.15) is 0 Å². The molecule has 0 aromatic carbocycles. The van der Waals surface area contributed by atoms with Crippen molar-refractivity contribution in [3.63, 3.8) is 0 Å². The molecule has 2 aliphatic heterocycles. The zero-order valence-corrected chi connectivity index (χ0v) is 19.1. The van der Waals surface area contributed by atoms with E-state index in [0.717, 1.165) is 23.1 Å². The van der Waals surface area contributed by atoms with Crippen LogP contribution < -0.4 is 0 Å². The molecule has 31 heavy (non-hydrogen) atoms. The number of rotatable bonds is 6. The summed E-state index contributed by atoms with van der Waals surface area (Å²) in [6, 6.07) is 0. The highest BCUT2D eigenvalue weighted by atomic mass is 17.1. The highest BCUT2D eigenvalue weighted by Gasteiger charge is 2.45. The number of carbonyl (C=O) groups excluding carboxylic acids is 1. The van der Waals surface area contributed by atoms with E-state index in [1.807, 2.05) is 37.3 Å². The molecule has 3 rings (SSSR count). The van der Waals surface area contributed by atoms with Crippen LogP contribution in [-0.2, 0) is 19.2 Å². The van der Waals surface area contributed by atoms with Crippen LogP contribution in [0, 0.1) is 5.92 Å². The van der Waals surface area contributed by atoms with Gasteiger partial charge in [-0.15, -0.1) is 0 Å². The highest BCUT2D eigenvalue weighted by molar-refractivity contribution is 5.96. The Bertz CT molecular complexity index is 859. The smallest absolute Gasteiger partial charge is 0.209 e. The van der Waals surface area contributed by atoms with Crippen molar-refractivity contribution in [3.8, 4) is 0 Å². The Hall–Kier alpha value is -1.83. The second-order valence-electron chi connectivity index (χ2n) is 9.43. The van der Waals surface area contributed by atoms with Gasteiger partial charge in [0.2, 0.25) is 5.79 Å². The summed E-state index contributed by atoms with van der Waals surface area (Å²) in [7, 11) is 0. The van der Waals surface area contributed by atoms with Crippen molar-refractivity contribution in [2.75, 3.05) is 6.61 Å². The first-order valence-corrected chi connectivity index (χ1v) is 10.8. The average Bonchev–Trinajstić information content (AvgIpc) is 2.68. The van der Waals surface area contributed by atoms with Crippen molar-refractivity contribution >= 4 is 5.78 Å². The molecule has 0 saturated carbocycles. The Morgan fingerprint density at radius 2 is 2.03 bits per heavy atom. The van der Waals surface area contributed by atoms with E-state index in [1.165, 1.54) is 0 Å². The van der Waals surface area contributed by atoms with Crippen molar-refractivity contribution in [1.29, 1.82) is 0 Å². The first-order valence-electron chi connectivity index (χ1n) is 10.8. The number of ketones is 1. The Balaban J connectivity index is 1.81. The zero-order valence-electron chi connectivity index (χ0n) is 19.1. The molecule has 4 atom stereocenters. The molecular weight excluding hydrogens is 396 g/mol. The summed E-state index contributed by atoms with van der Waals surface area (Å²) in [6.07, 6.45) is 12.9. The van der Waals surface area contributed by atoms with Crippen LogP contribution in [-0.4, -0.2) is 46.3 Å². The van der Waals surface area contributed by atoms with E-state index in [9.17, 15) is 9.90 Å². The average molecular weight is 431 g/mol. The molecule has 2 heterocycles. The van der Waals surface area contributed by atoms with E-state index in [1.54, 1.807) is 20.8 Å². The molecule has 170 valence electrons. The van der Waals surface area contributed by atoms with Gasteiger partial charge in [0.05, 0.1) is 18.8 Å². The van der Waals surface area contributed by atoms with E-state index < -0.39 is 11.4 Å². The molecular formula is C25H34O6. The summed E-state index contributed by atoms with van der Waals surface area (Å²) >= 11 is 0. The number of Topliss-reactive ketones (excluding diaryl/α,β-unsaturated/α-hetero) is 1. The summed E-state index contributed by atoms with van der Waals surface area (Å²) in [5, 5.41) is 18.9. The first kappa shape index (κ1) is 23.8. The summed E-state index contributed by atoms with van der Waals surface area (Å²) in [6.45, 7) is 9.31. The number of aliphatic hydroxyl groups excluding tert-OH is 1. The van der Waals surface area contributed by atoms with E-state index >= 15 is 0 Å². The van der Waals surface area contributed by atoms with Crippen LogP contribution in [0.2, 0.25) is 0 Å². The number of carbonyl (C=O) groups is 1. The molecule has 0 aromatic heterocycles. The quantitative estimate of drug-likeness (QED) is 0.368. The lowest BCUT2D eigenvalue weighted by molar-refractivity contribution is -0.297. The second kappa shape index (κ2) is 9.35. The third kappa shape index (κ3) is 5.70. The Morgan fingerprint density at radius 1 is 1.29 bits per heavy atom. The highest BCUT2D eigenvalue weighted by Crippen LogP contribution is 2.42. The molecule has 0 fully saturated rings. The molecule has 0 unspecified atom stereocenters. The van der Waals surface area contributed by atoms with E-state index in [-0.39, 0.29) is 30.5 Å². The Kier molecular flexibility index (Phi) is 7.18. The largest absolute Gasteiger partial charge is 0.392 e. The predicted molar refractivity (Wildman–Crippen MR) is 118 cm³/mol. The maximum atomic E-state index is 12.2. The van der Waals surface area contributed by atoms with Gasteiger partial charge in [0, 0.05) is 12.3 Å². The van der Waals surface area contributed by atoms with Crippen LogP contribution in [0.3, 0.4) is 0 Å². The molecule has 1 aliphatic carbocycles. The van der Waals surface area contributed by atoms with Gasteiger partial charge in [-0.25, -0.2) is 4.89 Å². The molecule has 3 aliphatic rings. The molecule has 0 bridgehead atoms. The maximum Gasteiger partial charge on any atom is 0.209 e. The lowest BCUT2D eigenvalue weighted by Gasteiger charge is -2.45. The molecule has 0 amide bonds. The fraction of sp³-hybridized carbons (Fsp3) is 0.560. The maximum absolute atomic E-state index is 12.2. The fourth-order valence-corrected chi connectivity index (χ4v) is 4.37. The van der Waals surface area contributed by atoms with E-state index in [4.69, 9.17) is 14.7 Å². The minimum absolute atomic E-state index is 0.0932. The Morgan fingerprint density at radius 3 is 2.71 bits per heavy atom. The normalized spacial score (nSPS) is 32.1. The molecule has 0 aromatic rings. The van der Waals surface area contributed by atoms with Gasteiger partial charge in [0.15, 0.2) is 5.78 Å². The minimum atomic E-state index is -1.05. The van der Waals surface area contributed by atoms with E-state index in [2.05, 4.69) is 17.9 Å². The van der Waals surface area contributed by atoms with Crippen molar-refractivity contribution in [3.05, 3.63) is 58.7 Å². The Labute approximate surface area is 184 Å². The van der Waals surface area contributed by atoms with Crippen LogP contribution in [0.5, 0.6) is 0 Å². The van der Waals surface area contributed by atoms with Gasteiger partial charge in [0.25, 0.3) is 0 Å². The molecule has 2 N–H and O–H groups in total. The van der Waals surface area contributed by atoms with Gasteiger partial charge in [-0.05, 0) is 76.8 Å². The fourth-order valence-electron chi connectivity index (χ4n) is 4.37. The third-order valence-corrected chi connectivity index (χ3v) is 5.99. The van der Waals surface area contributed by atoms with Crippen LogP contribution in [0.4, 0.5) is 0 Å². The van der Waals surface area contributed by atoms with Crippen LogP contribution in [0.1, 0.15) is 53.9 Å². The van der Waals surface area contributed by atoms with Crippen molar-refractivity contribution in [1.82, 2.24) is 0 Å². The summed E-state index contributed by atoms with van der Waals surface area (Å²) in [5.74, 6) is -1.11. The summed E-state index contributed by atoms with van der Waals surface area (Å²) in [4.78, 5) is 16.6. The van der Waals surface area contributed by atoms with Crippen LogP contribution >= 0.6 is 0 Å².